The molecule has 0 fully saturated rings. The standard InChI is InChI=1S/C51H61N7O14S/c1-7-50(5,46(67)56-25-41(62)54-26-42(63)71-34-14-10-31(11-15-34)58(69)70)28-51(6,27-49(3,4)45(66)55-24-29(2)59)47(68)52-19-8-20-53-48(73)57-30-9-16-35(38(21-30)44(64)65)43-36-17-12-32(60)22-39(36)72-40-23-33(61)13-18-37(40)43/h9-18,21-23,29,36,39,59-60H,7-8,19-20,24-28H2,1-6H3,(H,52,68)(H,54,62)(H,55,66)(H,56,67)(H,64,65)(H2,53,57,73). The minimum absolute atomic E-state index is 0.0222. The maximum atomic E-state index is 14.3. The zero-order chi connectivity index (χ0) is 53.8. The number of carbonyl (C=O) groups is 7. The minimum Gasteiger partial charge on any atom is -0.508 e. The average molecular weight is 1030 g/mol. The van der Waals surface area contributed by atoms with Crippen LogP contribution in [0.4, 0.5) is 11.4 Å². The number of carboxylic acids is 1. The van der Waals surface area contributed by atoms with Crippen molar-refractivity contribution in [2.24, 2.45) is 22.2 Å². The molecule has 1 aliphatic heterocycles. The highest BCUT2D eigenvalue weighted by Crippen LogP contribution is 2.46. The number of nitrogens with zero attached hydrogens (tertiary/aromatic N) is 1. The van der Waals surface area contributed by atoms with E-state index in [1.54, 1.807) is 58.9 Å². The number of rotatable bonds is 23. The maximum Gasteiger partial charge on any atom is 0.336 e. The van der Waals surface area contributed by atoms with Gasteiger partial charge in [0.2, 0.25) is 23.6 Å². The molecule has 9 N–H and O–H groups in total. The SMILES string of the molecule is CCC(C)(CC(C)(CC(C)(C)C(=O)NCC(C)O)C(=O)NCCCNC(=S)Nc1ccc(C2=C3C=CC(=O)C=C3OC3C=C(O)C=CC23)c(C(=O)O)c1)C(=O)NCC(=O)NCC(=O)Oc1ccc([N+](=O)[O-])cc1. The quantitative estimate of drug-likeness (QED) is 0.0185. The van der Waals surface area contributed by atoms with Crippen LogP contribution >= 0.6 is 12.2 Å². The van der Waals surface area contributed by atoms with Crippen molar-refractivity contribution in [1.29, 1.82) is 0 Å². The van der Waals surface area contributed by atoms with Gasteiger partial charge in [0.15, 0.2) is 10.9 Å². The van der Waals surface area contributed by atoms with Crippen molar-refractivity contribution in [3.63, 3.8) is 0 Å². The Bertz CT molecular complexity index is 2690. The number of carboxylic acid groups (broad SMARTS) is 1. The number of hydrogen-bond donors (Lipinski definition) is 9. The molecule has 3 aliphatic rings. The van der Waals surface area contributed by atoms with Gasteiger partial charge in [0.1, 0.15) is 29.9 Å². The van der Waals surface area contributed by atoms with E-state index in [0.29, 0.717) is 28.8 Å². The lowest BCUT2D eigenvalue weighted by Crippen LogP contribution is -2.51. The number of fused-ring (bicyclic) bond motifs is 2. The number of allylic oxidation sites excluding steroid dienone is 4. The molecule has 2 aliphatic carbocycles. The smallest absolute Gasteiger partial charge is 0.336 e. The third-order valence-electron chi connectivity index (χ3n) is 12.5. The van der Waals surface area contributed by atoms with E-state index in [4.69, 9.17) is 21.7 Å². The molecule has 73 heavy (non-hydrogen) atoms. The van der Waals surface area contributed by atoms with E-state index in [1.165, 1.54) is 49.4 Å². The predicted octanol–water partition coefficient (Wildman–Crippen LogP) is 4.45. The molecule has 5 rings (SSSR count). The van der Waals surface area contributed by atoms with Crippen LogP contribution in [0.3, 0.4) is 0 Å². The predicted molar refractivity (Wildman–Crippen MR) is 272 cm³/mol. The van der Waals surface area contributed by atoms with Gasteiger partial charge in [0, 0.05) is 71.3 Å². The van der Waals surface area contributed by atoms with Crippen molar-refractivity contribution in [3.8, 4) is 5.75 Å². The first kappa shape index (κ1) is 56.2. The van der Waals surface area contributed by atoms with Crippen molar-refractivity contribution in [1.82, 2.24) is 26.6 Å². The van der Waals surface area contributed by atoms with Crippen LogP contribution in [0.1, 0.15) is 83.1 Å². The van der Waals surface area contributed by atoms with E-state index in [1.807, 2.05) is 0 Å². The summed E-state index contributed by atoms with van der Waals surface area (Å²) in [5.74, 6) is -4.74. The van der Waals surface area contributed by atoms with E-state index in [0.717, 1.165) is 12.1 Å². The van der Waals surface area contributed by atoms with Crippen molar-refractivity contribution >= 4 is 75.6 Å². The third-order valence-corrected chi connectivity index (χ3v) is 12.8. The van der Waals surface area contributed by atoms with Crippen molar-refractivity contribution < 1.29 is 63.3 Å². The Labute approximate surface area is 426 Å². The number of anilines is 1. The van der Waals surface area contributed by atoms with Crippen molar-refractivity contribution in [2.45, 2.75) is 79.4 Å². The van der Waals surface area contributed by atoms with Crippen LogP contribution < -0.4 is 36.6 Å². The Morgan fingerprint density at radius 3 is 2.22 bits per heavy atom. The molecule has 1 heterocycles. The molecule has 5 unspecified atom stereocenters. The zero-order valence-electron chi connectivity index (χ0n) is 41.3. The second-order valence-electron chi connectivity index (χ2n) is 19.1. The summed E-state index contributed by atoms with van der Waals surface area (Å²) in [4.78, 5) is 102. The van der Waals surface area contributed by atoms with Gasteiger partial charge in [-0.05, 0) is 105 Å². The Hall–Kier alpha value is -7.72. The first-order chi connectivity index (χ1) is 34.3. The molecule has 0 spiro atoms. The summed E-state index contributed by atoms with van der Waals surface area (Å²) in [6.45, 7) is 9.15. The molecule has 0 saturated carbocycles. The number of aromatic carboxylic acids is 1. The summed E-state index contributed by atoms with van der Waals surface area (Å²) >= 11 is 5.53. The summed E-state index contributed by atoms with van der Waals surface area (Å²) in [5, 5.41) is 58.1. The first-order valence-electron chi connectivity index (χ1n) is 23.5. The van der Waals surface area contributed by atoms with Crippen LogP contribution in [-0.4, -0.2) is 112 Å². The van der Waals surface area contributed by atoms with Crippen LogP contribution in [0.25, 0.3) is 5.57 Å². The summed E-state index contributed by atoms with van der Waals surface area (Å²) in [5.41, 5.74) is -2.14. The fraction of sp³-hybridized carbons (Fsp3) is 0.412. The summed E-state index contributed by atoms with van der Waals surface area (Å²) < 4.78 is 11.1. The number of nitro benzene ring substituents is 1. The van der Waals surface area contributed by atoms with Crippen LogP contribution in [0, 0.1) is 32.3 Å². The van der Waals surface area contributed by atoms with E-state index in [2.05, 4.69) is 31.9 Å². The molecule has 4 amide bonds. The van der Waals surface area contributed by atoms with Gasteiger partial charge in [-0.15, -0.1) is 0 Å². The number of aliphatic hydroxyl groups is 2. The molecule has 0 saturated heterocycles. The largest absolute Gasteiger partial charge is 0.508 e. The van der Waals surface area contributed by atoms with E-state index in [9.17, 15) is 59.0 Å². The molecule has 2 aromatic carbocycles. The number of nitrogens with one attached hydrogen (secondary N) is 6. The number of thiocarbonyl (C=S) groups is 1. The molecule has 390 valence electrons. The van der Waals surface area contributed by atoms with Crippen LogP contribution in [-0.2, 0) is 33.5 Å². The summed E-state index contributed by atoms with van der Waals surface area (Å²) in [6.07, 6.45) is 7.98. The van der Waals surface area contributed by atoms with Crippen LogP contribution in [0.2, 0.25) is 0 Å². The van der Waals surface area contributed by atoms with Gasteiger partial charge in [-0.1, -0.05) is 46.8 Å². The Morgan fingerprint density at radius 2 is 1.56 bits per heavy atom. The topological polar surface area (TPSA) is 314 Å². The Morgan fingerprint density at radius 1 is 0.877 bits per heavy atom. The van der Waals surface area contributed by atoms with Gasteiger partial charge < -0.3 is 56.7 Å². The number of aliphatic hydroxyl groups excluding tert-OH is 2. The zero-order valence-corrected chi connectivity index (χ0v) is 42.1. The van der Waals surface area contributed by atoms with Gasteiger partial charge in [-0.2, -0.15) is 0 Å². The highest BCUT2D eigenvalue weighted by atomic mass is 32.1. The molecule has 21 nitrogen and oxygen atoms in total. The van der Waals surface area contributed by atoms with Crippen LogP contribution in [0.15, 0.2) is 96.0 Å². The van der Waals surface area contributed by atoms with E-state index < -0.39 is 88.0 Å². The molecule has 5 atom stereocenters. The number of esters is 1. The molecule has 0 bridgehead atoms. The molecule has 0 aromatic heterocycles. The molecular weight excluding hydrogens is 967 g/mol. The number of amides is 4. The number of carbonyl (C=O) groups excluding carboxylic acids is 6. The number of ether oxygens (including phenoxy) is 2. The van der Waals surface area contributed by atoms with E-state index in [-0.39, 0.29) is 78.3 Å². The lowest BCUT2D eigenvalue weighted by Gasteiger charge is -2.41. The Kier molecular flexibility index (Phi) is 18.6. The third kappa shape index (κ3) is 14.9. The average Bonchev–Trinajstić information content (AvgIpc) is 3.33. The van der Waals surface area contributed by atoms with Gasteiger partial charge in [0.05, 0.1) is 23.1 Å². The number of non-ortho nitro benzene ring substituents is 1. The Balaban J connectivity index is 1.20. The van der Waals surface area contributed by atoms with Crippen LogP contribution in [0.5, 0.6) is 5.75 Å². The van der Waals surface area contributed by atoms with Gasteiger partial charge >= 0.3 is 11.9 Å². The number of ketones is 1. The molecular formula is C51H61N7O14S. The number of benzene rings is 2. The normalized spacial score (nSPS) is 17.8. The first-order valence-corrected chi connectivity index (χ1v) is 23.9. The number of nitro groups is 1. The highest BCUT2D eigenvalue weighted by molar-refractivity contribution is 7.80. The van der Waals surface area contributed by atoms with Crippen molar-refractivity contribution in [3.05, 3.63) is 117 Å². The lowest BCUT2D eigenvalue weighted by molar-refractivity contribution is -0.384. The van der Waals surface area contributed by atoms with Crippen molar-refractivity contribution in [2.75, 3.05) is 38.0 Å². The summed E-state index contributed by atoms with van der Waals surface area (Å²) in [6, 6.07) is 9.50. The second-order valence-corrected chi connectivity index (χ2v) is 19.6. The fourth-order valence-electron chi connectivity index (χ4n) is 8.79. The molecule has 22 heteroatoms. The minimum atomic E-state index is -1.35. The summed E-state index contributed by atoms with van der Waals surface area (Å²) in [7, 11) is 0. The maximum absolute atomic E-state index is 14.3. The van der Waals surface area contributed by atoms with Gasteiger partial charge in [0.25, 0.3) is 5.69 Å². The fourth-order valence-corrected chi connectivity index (χ4v) is 9.01. The number of hydrogen-bond acceptors (Lipinski definition) is 14. The van der Waals surface area contributed by atoms with Gasteiger partial charge in [-0.3, -0.25) is 34.1 Å². The second kappa shape index (κ2) is 24.1. The van der Waals surface area contributed by atoms with E-state index >= 15 is 0 Å². The molecule has 2 aromatic rings. The highest BCUT2D eigenvalue weighted by Gasteiger charge is 2.48. The molecule has 0 radical (unpaired) electrons. The lowest BCUT2D eigenvalue weighted by atomic mass is 9.64. The van der Waals surface area contributed by atoms with Gasteiger partial charge in [-0.25, -0.2) is 9.59 Å². The monoisotopic (exact) mass is 1030 g/mol.